The summed E-state index contributed by atoms with van der Waals surface area (Å²) in [5, 5.41) is 0. The van der Waals surface area contributed by atoms with Gasteiger partial charge in [-0.1, -0.05) is 13.0 Å². The van der Waals surface area contributed by atoms with Crippen molar-refractivity contribution < 1.29 is 18.7 Å². The zero-order valence-electron chi connectivity index (χ0n) is 12.2. The minimum Gasteiger partial charge on any atom is -0.497 e. The highest BCUT2D eigenvalue weighted by Gasteiger charge is 2.37. The van der Waals surface area contributed by atoms with Gasteiger partial charge in [0.25, 0.3) is 0 Å². The van der Waals surface area contributed by atoms with E-state index >= 15 is 0 Å². The largest absolute Gasteiger partial charge is 0.497 e. The van der Waals surface area contributed by atoms with Crippen molar-refractivity contribution in [2.45, 2.75) is 26.7 Å². The number of methoxy groups -OCH3 is 1. The Morgan fingerprint density at radius 2 is 2.10 bits per heavy atom. The third kappa shape index (κ3) is 3.48. The van der Waals surface area contributed by atoms with Crippen LogP contribution in [0.5, 0.6) is 5.75 Å². The third-order valence-electron chi connectivity index (χ3n) is 3.57. The van der Waals surface area contributed by atoms with E-state index in [1.54, 1.807) is 19.1 Å². The molecule has 20 heavy (non-hydrogen) atoms. The maximum Gasteiger partial charge on any atom is 0.313 e. The predicted octanol–water partition coefficient (Wildman–Crippen LogP) is 2.29. The second-order valence-corrected chi connectivity index (χ2v) is 4.69. The molecule has 0 saturated heterocycles. The summed E-state index contributed by atoms with van der Waals surface area (Å²) in [6.07, 6.45) is 0.711. The van der Waals surface area contributed by atoms with Gasteiger partial charge in [-0.2, -0.15) is 0 Å². The molecule has 0 amide bonds. The Bertz CT molecular complexity index is 458. The van der Waals surface area contributed by atoms with Crippen molar-refractivity contribution in [1.29, 1.82) is 0 Å². The minimum absolute atomic E-state index is 0.119. The Hall–Kier alpha value is -1.62. The smallest absolute Gasteiger partial charge is 0.313 e. The van der Waals surface area contributed by atoms with E-state index in [2.05, 4.69) is 0 Å². The van der Waals surface area contributed by atoms with Crippen LogP contribution in [0.15, 0.2) is 18.2 Å². The van der Waals surface area contributed by atoms with Crippen LogP contribution < -0.4 is 10.5 Å². The normalized spacial score (nSPS) is 13.7. The molecule has 2 N–H and O–H groups in total. The summed E-state index contributed by atoms with van der Waals surface area (Å²) in [7, 11) is 1.48. The van der Waals surface area contributed by atoms with Gasteiger partial charge < -0.3 is 15.2 Å². The predicted molar refractivity (Wildman–Crippen MR) is 75.1 cm³/mol. The van der Waals surface area contributed by atoms with Crippen molar-refractivity contribution in [3.8, 4) is 5.75 Å². The van der Waals surface area contributed by atoms with Gasteiger partial charge in [-0.25, -0.2) is 4.39 Å². The molecule has 0 spiro atoms. The van der Waals surface area contributed by atoms with Crippen LogP contribution in [-0.2, 0) is 16.0 Å². The lowest BCUT2D eigenvalue weighted by Gasteiger charge is -2.29. The first-order valence-electron chi connectivity index (χ1n) is 6.72. The highest BCUT2D eigenvalue weighted by Crippen LogP contribution is 2.30. The summed E-state index contributed by atoms with van der Waals surface area (Å²) in [6, 6.07) is 4.59. The quantitative estimate of drug-likeness (QED) is 0.780. The van der Waals surface area contributed by atoms with Gasteiger partial charge in [0.1, 0.15) is 11.6 Å². The number of hydrogen-bond donors (Lipinski definition) is 1. The van der Waals surface area contributed by atoms with Crippen molar-refractivity contribution >= 4 is 5.97 Å². The lowest BCUT2D eigenvalue weighted by molar-refractivity contribution is -0.155. The van der Waals surface area contributed by atoms with Gasteiger partial charge >= 0.3 is 5.97 Å². The molecule has 0 aliphatic carbocycles. The van der Waals surface area contributed by atoms with Crippen molar-refractivity contribution in [2.24, 2.45) is 11.1 Å². The van der Waals surface area contributed by atoms with Gasteiger partial charge in [-0.15, -0.1) is 0 Å². The highest BCUT2D eigenvalue weighted by atomic mass is 19.1. The van der Waals surface area contributed by atoms with E-state index in [0.29, 0.717) is 17.7 Å². The maximum atomic E-state index is 14.0. The fourth-order valence-corrected chi connectivity index (χ4v) is 2.09. The molecule has 0 radical (unpaired) electrons. The molecular weight excluding hydrogens is 261 g/mol. The van der Waals surface area contributed by atoms with Crippen molar-refractivity contribution in [3.63, 3.8) is 0 Å². The number of carbonyl (C=O) groups excluding carboxylic acids is 1. The number of hydrogen-bond acceptors (Lipinski definition) is 4. The van der Waals surface area contributed by atoms with Crippen LogP contribution in [0.2, 0.25) is 0 Å². The number of ether oxygens (including phenoxy) is 2. The van der Waals surface area contributed by atoms with Crippen LogP contribution in [0.4, 0.5) is 4.39 Å². The Morgan fingerprint density at radius 3 is 2.55 bits per heavy atom. The van der Waals surface area contributed by atoms with Crippen LogP contribution in [0.3, 0.4) is 0 Å². The molecule has 0 aromatic heterocycles. The molecule has 0 fully saturated rings. The summed E-state index contributed by atoms with van der Waals surface area (Å²) < 4.78 is 24.1. The van der Waals surface area contributed by atoms with E-state index in [9.17, 15) is 9.18 Å². The molecule has 1 unspecified atom stereocenters. The molecule has 1 rings (SSSR count). The van der Waals surface area contributed by atoms with Crippen molar-refractivity contribution in [1.82, 2.24) is 0 Å². The summed E-state index contributed by atoms with van der Waals surface area (Å²) in [5.41, 5.74) is 5.31. The van der Waals surface area contributed by atoms with Crippen molar-refractivity contribution in [3.05, 3.63) is 29.6 Å². The topological polar surface area (TPSA) is 61.5 Å². The van der Waals surface area contributed by atoms with Gasteiger partial charge in [-0.05, 0) is 31.4 Å². The van der Waals surface area contributed by atoms with Crippen LogP contribution in [0.25, 0.3) is 0 Å². The van der Waals surface area contributed by atoms with Crippen molar-refractivity contribution in [2.75, 3.05) is 20.3 Å². The van der Waals surface area contributed by atoms with Gasteiger partial charge in [0.15, 0.2) is 0 Å². The molecule has 4 nitrogen and oxygen atoms in total. The molecule has 112 valence electrons. The number of nitrogens with two attached hydrogens (primary N) is 1. The number of halogens is 1. The van der Waals surface area contributed by atoms with E-state index in [1.807, 2.05) is 6.92 Å². The van der Waals surface area contributed by atoms with Crippen LogP contribution in [0, 0.1) is 11.2 Å². The monoisotopic (exact) mass is 283 g/mol. The molecule has 5 heteroatoms. The van der Waals surface area contributed by atoms with E-state index in [0.717, 1.165) is 0 Å². The molecule has 1 atom stereocenters. The summed E-state index contributed by atoms with van der Waals surface area (Å²) in [5.74, 6) is -0.336. The van der Waals surface area contributed by atoms with E-state index in [4.69, 9.17) is 15.2 Å². The van der Waals surface area contributed by atoms with E-state index < -0.39 is 11.2 Å². The zero-order valence-corrected chi connectivity index (χ0v) is 12.2. The average molecular weight is 283 g/mol. The molecule has 0 heterocycles. The maximum absolute atomic E-state index is 14.0. The molecule has 0 saturated carbocycles. The SMILES string of the molecule is CCOC(=O)C(CC)(CN)Cc1ccc(OC)cc1F. The second kappa shape index (κ2) is 7.24. The first kappa shape index (κ1) is 16.4. The van der Waals surface area contributed by atoms with Crippen LogP contribution >= 0.6 is 0 Å². The Balaban J connectivity index is 3.04. The molecule has 1 aromatic rings. The van der Waals surface area contributed by atoms with Gasteiger partial charge in [-0.3, -0.25) is 4.79 Å². The first-order chi connectivity index (χ1) is 9.52. The van der Waals surface area contributed by atoms with Crippen LogP contribution in [0.1, 0.15) is 25.8 Å². The zero-order chi connectivity index (χ0) is 15.2. The third-order valence-corrected chi connectivity index (χ3v) is 3.57. The summed E-state index contributed by atoms with van der Waals surface area (Å²) in [6.45, 7) is 3.99. The van der Waals surface area contributed by atoms with Gasteiger partial charge in [0.05, 0.1) is 19.1 Å². The fraction of sp³-hybridized carbons (Fsp3) is 0.533. The molecule has 0 aliphatic heterocycles. The molecule has 0 bridgehead atoms. The molecule has 1 aromatic carbocycles. The second-order valence-electron chi connectivity index (χ2n) is 4.69. The van der Waals surface area contributed by atoms with Crippen LogP contribution in [-0.4, -0.2) is 26.2 Å². The molecular formula is C15H22FNO3. The lowest BCUT2D eigenvalue weighted by atomic mass is 9.79. The number of esters is 1. The minimum atomic E-state index is -0.883. The Labute approximate surface area is 119 Å². The summed E-state index contributed by atoms with van der Waals surface area (Å²) >= 11 is 0. The average Bonchev–Trinajstić information content (AvgIpc) is 2.46. The standard InChI is InChI=1S/C15H22FNO3/c1-4-15(10-17,14(18)20-5-2)9-11-6-7-12(19-3)8-13(11)16/h6-8H,4-5,9-10,17H2,1-3H3. The molecule has 0 aliphatic rings. The Morgan fingerprint density at radius 1 is 1.40 bits per heavy atom. The fourth-order valence-electron chi connectivity index (χ4n) is 2.09. The number of benzene rings is 1. The number of carbonyl (C=O) groups is 1. The van der Waals surface area contributed by atoms with Gasteiger partial charge in [0, 0.05) is 12.6 Å². The van der Waals surface area contributed by atoms with E-state index in [1.165, 1.54) is 13.2 Å². The highest BCUT2D eigenvalue weighted by molar-refractivity contribution is 5.77. The van der Waals surface area contributed by atoms with E-state index in [-0.39, 0.29) is 25.5 Å². The summed E-state index contributed by atoms with van der Waals surface area (Å²) in [4.78, 5) is 12.1. The Kier molecular flexibility index (Phi) is 5.95. The number of rotatable bonds is 7. The van der Waals surface area contributed by atoms with Gasteiger partial charge in [0.2, 0.25) is 0 Å². The lowest BCUT2D eigenvalue weighted by Crippen LogP contribution is -2.41. The first-order valence-corrected chi connectivity index (χ1v) is 6.72.